The van der Waals surface area contributed by atoms with Gasteiger partial charge >= 0.3 is 0 Å². The maximum absolute atomic E-state index is 3.40. The molecular weight excluding hydrogens is 182 g/mol. The van der Waals surface area contributed by atoms with Gasteiger partial charge in [-0.2, -0.15) is 0 Å². The smallest absolute Gasteiger partial charge is 0.0207 e. The predicted octanol–water partition coefficient (Wildman–Crippen LogP) is 3.31. The SMILES string of the molecule is CC(C)NCc1ccccccccc1. The van der Waals surface area contributed by atoms with E-state index in [0.717, 1.165) is 6.54 Å². The zero-order valence-electron chi connectivity index (χ0n) is 9.48. The second kappa shape index (κ2) is 7.02. The van der Waals surface area contributed by atoms with Crippen molar-refractivity contribution in [3.63, 3.8) is 0 Å². The molecule has 1 nitrogen and oxygen atoms in total. The van der Waals surface area contributed by atoms with Gasteiger partial charge in [-0.15, -0.1) is 0 Å². The fourth-order valence-electron chi connectivity index (χ4n) is 1.17. The molecule has 0 atom stereocenters. The van der Waals surface area contributed by atoms with E-state index in [-0.39, 0.29) is 0 Å². The Balaban J connectivity index is 2.79. The van der Waals surface area contributed by atoms with Gasteiger partial charge in [-0.05, 0) is 5.56 Å². The third-order valence-corrected chi connectivity index (χ3v) is 2.00. The molecule has 0 aromatic heterocycles. The molecule has 0 saturated heterocycles. The van der Waals surface area contributed by atoms with E-state index < -0.39 is 0 Å². The highest BCUT2D eigenvalue weighted by Crippen LogP contribution is 1.95. The van der Waals surface area contributed by atoms with Crippen LogP contribution in [0.1, 0.15) is 19.4 Å². The summed E-state index contributed by atoms with van der Waals surface area (Å²) in [5.74, 6) is 0. The zero-order chi connectivity index (χ0) is 10.9. The molecule has 1 N–H and O–H groups in total. The van der Waals surface area contributed by atoms with Gasteiger partial charge in [0.25, 0.3) is 0 Å². The highest BCUT2D eigenvalue weighted by atomic mass is 14.9. The Morgan fingerprint density at radius 3 is 1.80 bits per heavy atom. The summed E-state index contributed by atoms with van der Waals surface area (Å²) in [5.41, 5.74) is 1.29. The maximum Gasteiger partial charge on any atom is 0.0207 e. The van der Waals surface area contributed by atoms with E-state index >= 15 is 0 Å². The number of rotatable bonds is 3. The lowest BCUT2D eigenvalue weighted by atomic mass is 10.2. The normalized spacial score (nSPS) is 9.80. The zero-order valence-corrected chi connectivity index (χ0v) is 9.48. The summed E-state index contributed by atoms with van der Waals surface area (Å²) in [6.07, 6.45) is 0. The van der Waals surface area contributed by atoms with Crippen LogP contribution in [0.3, 0.4) is 0 Å². The molecule has 0 unspecified atom stereocenters. The van der Waals surface area contributed by atoms with Crippen molar-refractivity contribution in [1.29, 1.82) is 0 Å². The summed E-state index contributed by atoms with van der Waals surface area (Å²) < 4.78 is 0. The topological polar surface area (TPSA) is 12.0 Å². The van der Waals surface area contributed by atoms with Crippen molar-refractivity contribution in [3.8, 4) is 0 Å². The molecule has 80 valence electrons. The van der Waals surface area contributed by atoms with Crippen LogP contribution in [0.2, 0.25) is 0 Å². The predicted molar refractivity (Wildman–Crippen MR) is 66.0 cm³/mol. The third kappa shape index (κ3) is 5.87. The standard InChI is InChI=1S/C14H19N/c1-13(2)15-12-14-10-8-6-4-3-5-7-9-11-14/h3-11,13,15H,12H2,1-2H3. The molecular formula is C14H19N. The lowest BCUT2D eigenvalue weighted by molar-refractivity contribution is 0.589. The third-order valence-electron chi connectivity index (χ3n) is 2.00. The van der Waals surface area contributed by atoms with Crippen LogP contribution in [0.25, 0.3) is 0 Å². The maximum atomic E-state index is 3.40. The Kier molecular flexibility index (Phi) is 5.49. The average Bonchev–Trinajstić information content (AvgIpc) is 2.23. The van der Waals surface area contributed by atoms with Crippen LogP contribution in [0.4, 0.5) is 0 Å². The van der Waals surface area contributed by atoms with E-state index in [4.69, 9.17) is 0 Å². The molecule has 0 radical (unpaired) electrons. The van der Waals surface area contributed by atoms with E-state index in [1.165, 1.54) is 5.56 Å². The molecule has 1 aromatic rings. The molecule has 1 heteroatoms. The van der Waals surface area contributed by atoms with Crippen molar-refractivity contribution in [2.24, 2.45) is 0 Å². The van der Waals surface area contributed by atoms with Crippen LogP contribution in [0.15, 0.2) is 54.6 Å². The van der Waals surface area contributed by atoms with Gasteiger partial charge in [-0.1, -0.05) is 68.4 Å². The minimum Gasteiger partial charge on any atom is -0.310 e. The molecule has 0 bridgehead atoms. The van der Waals surface area contributed by atoms with E-state index in [1.807, 2.05) is 30.3 Å². The second-order valence-electron chi connectivity index (χ2n) is 3.79. The summed E-state index contributed by atoms with van der Waals surface area (Å²) in [6.45, 7) is 5.22. The molecule has 15 heavy (non-hydrogen) atoms. The summed E-state index contributed by atoms with van der Waals surface area (Å²) in [4.78, 5) is 0. The molecule has 0 amide bonds. The second-order valence-corrected chi connectivity index (χ2v) is 3.79. The first-order valence-electron chi connectivity index (χ1n) is 5.39. The molecule has 0 spiro atoms. The number of nitrogens with one attached hydrogen (secondary N) is 1. The first kappa shape index (κ1) is 11.7. The lowest BCUT2D eigenvalue weighted by Gasteiger charge is -2.06. The van der Waals surface area contributed by atoms with E-state index in [0.29, 0.717) is 6.04 Å². The summed E-state index contributed by atoms with van der Waals surface area (Å²) in [6, 6.07) is 19.1. The quantitative estimate of drug-likeness (QED) is 0.791. The largest absolute Gasteiger partial charge is 0.310 e. The van der Waals surface area contributed by atoms with Crippen LogP contribution >= 0.6 is 0 Å². The van der Waals surface area contributed by atoms with Gasteiger partial charge < -0.3 is 5.32 Å². The Hall–Kier alpha value is -1.34. The lowest BCUT2D eigenvalue weighted by Crippen LogP contribution is -2.21. The van der Waals surface area contributed by atoms with Crippen molar-refractivity contribution in [2.45, 2.75) is 26.4 Å². The van der Waals surface area contributed by atoms with Gasteiger partial charge in [0.2, 0.25) is 0 Å². The van der Waals surface area contributed by atoms with Crippen LogP contribution in [0, 0.1) is 0 Å². The van der Waals surface area contributed by atoms with Gasteiger partial charge in [0, 0.05) is 12.6 Å². The highest BCUT2D eigenvalue weighted by Gasteiger charge is 1.91. The minimum absolute atomic E-state index is 0.522. The first-order chi connectivity index (χ1) is 7.29. The molecule has 0 saturated carbocycles. The van der Waals surface area contributed by atoms with Crippen LogP contribution < -0.4 is 5.32 Å². The summed E-state index contributed by atoms with van der Waals surface area (Å²) in [5, 5.41) is 3.40. The molecule has 0 aliphatic carbocycles. The fourth-order valence-corrected chi connectivity index (χ4v) is 1.17. The summed E-state index contributed by atoms with van der Waals surface area (Å²) in [7, 11) is 0. The monoisotopic (exact) mass is 201 g/mol. The Morgan fingerprint density at radius 2 is 1.33 bits per heavy atom. The fraction of sp³-hybridized carbons (Fsp3) is 0.286. The Bertz CT molecular complexity index is 305. The molecule has 0 aliphatic heterocycles. The summed E-state index contributed by atoms with van der Waals surface area (Å²) >= 11 is 0. The molecule has 0 fully saturated rings. The molecule has 1 aromatic carbocycles. The van der Waals surface area contributed by atoms with Gasteiger partial charge in [-0.25, -0.2) is 0 Å². The molecule has 1 rings (SSSR count). The van der Waals surface area contributed by atoms with Crippen molar-refractivity contribution < 1.29 is 0 Å². The van der Waals surface area contributed by atoms with Crippen molar-refractivity contribution in [3.05, 3.63) is 60.2 Å². The van der Waals surface area contributed by atoms with Gasteiger partial charge in [0.1, 0.15) is 0 Å². The highest BCUT2D eigenvalue weighted by molar-refractivity contribution is 5.11. The van der Waals surface area contributed by atoms with Crippen LogP contribution in [-0.4, -0.2) is 6.04 Å². The van der Waals surface area contributed by atoms with E-state index in [9.17, 15) is 0 Å². The van der Waals surface area contributed by atoms with Gasteiger partial charge in [0.15, 0.2) is 0 Å². The number of hydrogen-bond acceptors (Lipinski definition) is 1. The molecule has 0 aliphatic rings. The van der Waals surface area contributed by atoms with Crippen molar-refractivity contribution in [2.75, 3.05) is 0 Å². The number of hydrogen-bond donors (Lipinski definition) is 1. The Labute approximate surface area is 92.5 Å². The van der Waals surface area contributed by atoms with Gasteiger partial charge in [0.05, 0.1) is 0 Å². The van der Waals surface area contributed by atoms with Crippen LogP contribution in [0.5, 0.6) is 0 Å². The van der Waals surface area contributed by atoms with Gasteiger partial charge in [-0.3, -0.25) is 0 Å². The van der Waals surface area contributed by atoms with Crippen LogP contribution in [-0.2, 0) is 6.54 Å². The average molecular weight is 201 g/mol. The Morgan fingerprint density at radius 1 is 0.867 bits per heavy atom. The minimum atomic E-state index is 0.522. The molecule has 0 heterocycles. The van der Waals surface area contributed by atoms with Crippen molar-refractivity contribution >= 4 is 0 Å². The van der Waals surface area contributed by atoms with E-state index in [2.05, 4.69) is 43.4 Å². The van der Waals surface area contributed by atoms with Crippen molar-refractivity contribution in [1.82, 2.24) is 5.32 Å². The van der Waals surface area contributed by atoms with E-state index in [1.54, 1.807) is 0 Å². The first-order valence-corrected chi connectivity index (χ1v) is 5.39.